The van der Waals surface area contributed by atoms with Crippen LogP contribution < -0.4 is 20.9 Å². The summed E-state index contributed by atoms with van der Waals surface area (Å²) in [4.78, 5) is 23.4. The van der Waals surface area contributed by atoms with Crippen molar-refractivity contribution in [2.24, 2.45) is 0 Å². The molecule has 0 atom stereocenters. The Morgan fingerprint density at radius 1 is 0.933 bits per heavy atom. The molecule has 150 valence electrons. The Bertz CT molecular complexity index is 1110. The van der Waals surface area contributed by atoms with Crippen LogP contribution in [0.5, 0.6) is 11.5 Å². The number of para-hydroxylation sites is 2. The number of non-ortho nitro benzene ring substituents is 1. The van der Waals surface area contributed by atoms with Gasteiger partial charge in [-0.3, -0.25) is 25.8 Å². The Hall–Kier alpha value is -3.98. The first-order chi connectivity index (χ1) is 14.5. The summed E-state index contributed by atoms with van der Waals surface area (Å²) in [6, 6.07) is 20.6. The first-order valence-corrected chi connectivity index (χ1v) is 9.41. The molecule has 3 aromatic rings. The Kier molecular flexibility index (Phi) is 5.27. The van der Waals surface area contributed by atoms with Crippen LogP contribution in [0.15, 0.2) is 72.8 Å². The normalized spacial score (nSPS) is 12.0. The van der Waals surface area contributed by atoms with Crippen molar-refractivity contribution in [1.29, 1.82) is 0 Å². The zero-order valence-electron chi connectivity index (χ0n) is 15.5. The van der Waals surface area contributed by atoms with E-state index in [0.717, 1.165) is 11.1 Å². The van der Waals surface area contributed by atoms with E-state index < -0.39 is 10.8 Å². The average Bonchev–Trinajstić information content (AvgIpc) is 2.76. The second-order valence-electron chi connectivity index (χ2n) is 6.49. The van der Waals surface area contributed by atoms with Gasteiger partial charge in [-0.15, -0.1) is 0 Å². The number of hydrogen-bond donors (Lipinski definition) is 3. The lowest BCUT2D eigenvalue weighted by Gasteiger charge is -2.27. The van der Waals surface area contributed by atoms with Crippen molar-refractivity contribution in [3.05, 3.63) is 94.0 Å². The molecular weight excluding hydrogens is 404 g/mol. The van der Waals surface area contributed by atoms with E-state index in [1.54, 1.807) is 6.07 Å². The van der Waals surface area contributed by atoms with Gasteiger partial charge in [-0.25, -0.2) is 0 Å². The minimum atomic E-state index is -0.584. The molecule has 3 N–H and O–H groups in total. The number of benzene rings is 3. The number of ether oxygens (including phenoxy) is 1. The van der Waals surface area contributed by atoms with Crippen LogP contribution in [0.2, 0.25) is 0 Å². The molecule has 0 spiro atoms. The van der Waals surface area contributed by atoms with E-state index in [1.807, 2.05) is 48.5 Å². The minimum Gasteiger partial charge on any atom is -0.457 e. The largest absolute Gasteiger partial charge is 0.457 e. The molecule has 1 amide bonds. The lowest BCUT2D eigenvalue weighted by atomic mass is 9.87. The Labute approximate surface area is 177 Å². The number of anilines is 1. The minimum absolute atomic E-state index is 0.0674. The summed E-state index contributed by atoms with van der Waals surface area (Å²) < 4.78 is 5.90. The van der Waals surface area contributed by atoms with E-state index in [1.165, 1.54) is 18.2 Å². The summed E-state index contributed by atoms with van der Waals surface area (Å²) in [5.74, 6) is 0.336. The summed E-state index contributed by atoms with van der Waals surface area (Å²) in [6.07, 6.45) is 0. The van der Waals surface area contributed by atoms with Crippen molar-refractivity contribution in [2.75, 3.05) is 5.32 Å². The van der Waals surface area contributed by atoms with Crippen LogP contribution in [0.4, 0.5) is 11.4 Å². The third-order valence-corrected chi connectivity index (χ3v) is 4.76. The summed E-state index contributed by atoms with van der Waals surface area (Å²) in [5, 5.41) is 13.8. The molecule has 8 nitrogen and oxygen atoms in total. The van der Waals surface area contributed by atoms with Crippen LogP contribution in [-0.2, 0) is 4.79 Å². The van der Waals surface area contributed by atoms with Gasteiger partial charge in [0.25, 0.3) is 11.6 Å². The predicted molar refractivity (Wildman–Crippen MR) is 115 cm³/mol. The third kappa shape index (κ3) is 3.91. The molecule has 1 heterocycles. The average molecular weight is 420 g/mol. The number of nitrogens with one attached hydrogen (secondary N) is 3. The number of nitro benzene ring substituents is 1. The number of thiocarbonyl (C=S) groups is 1. The standard InChI is InChI=1S/C21H16N4O4S/c26-20(23-24-21(30)22-13-6-5-7-14(12-13)25(27)28)19-15-8-1-3-10-17(15)29-18-11-4-2-9-16(18)19/h1-12,19H,(H,23,26)(H2,22,24,30). The van der Waals surface area contributed by atoms with Crippen molar-refractivity contribution in [2.45, 2.75) is 5.92 Å². The summed E-state index contributed by atoms with van der Waals surface area (Å²) in [6.45, 7) is 0. The Balaban J connectivity index is 1.48. The van der Waals surface area contributed by atoms with Crippen LogP contribution in [0.25, 0.3) is 0 Å². The van der Waals surface area contributed by atoms with Crippen molar-refractivity contribution in [1.82, 2.24) is 10.9 Å². The van der Waals surface area contributed by atoms with Gasteiger partial charge in [-0.2, -0.15) is 0 Å². The van der Waals surface area contributed by atoms with E-state index in [4.69, 9.17) is 17.0 Å². The van der Waals surface area contributed by atoms with Gasteiger partial charge in [0.2, 0.25) is 0 Å². The maximum Gasteiger partial charge on any atom is 0.271 e. The third-order valence-electron chi connectivity index (χ3n) is 4.56. The number of carbonyl (C=O) groups is 1. The van der Waals surface area contributed by atoms with E-state index >= 15 is 0 Å². The second-order valence-corrected chi connectivity index (χ2v) is 6.89. The smallest absolute Gasteiger partial charge is 0.271 e. The summed E-state index contributed by atoms with van der Waals surface area (Å²) in [7, 11) is 0. The van der Waals surface area contributed by atoms with E-state index in [0.29, 0.717) is 17.2 Å². The van der Waals surface area contributed by atoms with Crippen molar-refractivity contribution in [3.63, 3.8) is 0 Å². The maximum atomic E-state index is 13.0. The Morgan fingerprint density at radius 2 is 1.57 bits per heavy atom. The highest BCUT2D eigenvalue weighted by molar-refractivity contribution is 7.80. The molecule has 0 unspecified atom stereocenters. The fourth-order valence-electron chi connectivity index (χ4n) is 3.24. The molecule has 0 aromatic heterocycles. The van der Waals surface area contributed by atoms with Gasteiger partial charge >= 0.3 is 0 Å². The molecule has 0 saturated heterocycles. The molecule has 1 aliphatic rings. The van der Waals surface area contributed by atoms with Gasteiger partial charge in [0.15, 0.2) is 5.11 Å². The lowest BCUT2D eigenvalue weighted by Crippen LogP contribution is -2.46. The molecule has 4 rings (SSSR count). The molecule has 1 aliphatic heterocycles. The van der Waals surface area contributed by atoms with E-state index in [-0.39, 0.29) is 16.7 Å². The fourth-order valence-corrected chi connectivity index (χ4v) is 3.41. The number of rotatable bonds is 3. The highest BCUT2D eigenvalue weighted by Gasteiger charge is 2.32. The zero-order valence-corrected chi connectivity index (χ0v) is 16.3. The molecular formula is C21H16N4O4S. The van der Waals surface area contributed by atoms with Gasteiger partial charge < -0.3 is 10.1 Å². The monoisotopic (exact) mass is 420 g/mol. The van der Waals surface area contributed by atoms with Crippen LogP contribution in [0.3, 0.4) is 0 Å². The van der Waals surface area contributed by atoms with Gasteiger partial charge in [0, 0.05) is 28.9 Å². The number of amides is 1. The van der Waals surface area contributed by atoms with Crippen molar-refractivity contribution < 1.29 is 14.5 Å². The number of nitro groups is 1. The highest BCUT2D eigenvalue weighted by Crippen LogP contribution is 2.43. The second kappa shape index (κ2) is 8.18. The molecule has 0 bridgehead atoms. The molecule has 30 heavy (non-hydrogen) atoms. The SMILES string of the molecule is O=C(NNC(=S)Nc1cccc([N+](=O)[O-])c1)C1c2ccccc2Oc2ccccc21. The first-order valence-electron chi connectivity index (χ1n) is 9.00. The van der Waals surface area contributed by atoms with Crippen molar-refractivity contribution in [3.8, 4) is 11.5 Å². The lowest BCUT2D eigenvalue weighted by molar-refractivity contribution is -0.384. The molecule has 3 aromatic carbocycles. The molecule has 0 aliphatic carbocycles. The number of hydrazine groups is 1. The molecule has 0 saturated carbocycles. The van der Waals surface area contributed by atoms with Gasteiger partial charge in [-0.05, 0) is 30.4 Å². The van der Waals surface area contributed by atoms with Crippen LogP contribution in [0, 0.1) is 10.1 Å². The first kappa shape index (κ1) is 19.3. The highest BCUT2D eigenvalue weighted by atomic mass is 32.1. The quantitative estimate of drug-likeness (QED) is 0.336. The number of nitrogens with zero attached hydrogens (tertiary/aromatic N) is 1. The molecule has 0 radical (unpaired) electrons. The van der Waals surface area contributed by atoms with E-state index in [2.05, 4.69) is 16.2 Å². The van der Waals surface area contributed by atoms with E-state index in [9.17, 15) is 14.9 Å². The van der Waals surface area contributed by atoms with Gasteiger partial charge in [0.1, 0.15) is 11.5 Å². The number of carbonyl (C=O) groups excluding carboxylic acids is 1. The maximum absolute atomic E-state index is 13.0. The zero-order chi connectivity index (χ0) is 21.1. The van der Waals surface area contributed by atoms with Crippen LogP contribution in [0.1, 0.15) is 17.0 Å². The van der Waals surface area contributed by atoms with Gasteiger partial charge in [-0.1, -0.05) is 42.5 Å². The molecule has 9 heteroatoms. The topological polar surface area (TPSA) is 106 Å². The Morgan fingerprint density at radius 3 is 2.20 bits per heavy atom. The fraction of sp³-hybridized carbons (Fsp3) is 0.0476. The van der Waals surface area contributed by atoms with Crippen LogP contribution in [-0.4, -0.2) is 15.9 Å². The van der Waals surface area contributed by atoms with Gasteiger partial charge in [0.05, 0.1) is 10.8 Å². The number of hydrogen-bond acceptors (Lipinski definition) is 5. The predicted octanol–water partition coefficient (Wildman–Crippen LogP) is 3.85. The summed E-state index contributed by atoms with van der Waals surface area (Å²) >= 11 is 5.19. The summed E-state index contributed by atoms with van der Waals surface area (Å²) in [5.41, 5.74) is 7.11. The molecule has 0 fully saturated rings. The van der Waals surface area contributed by atoms with Crippen LogP contribution >= 0.6 is 12.2 Å². The van der Waals surface area contributed by atoms with Crippen molar-refractivity contribution >= 4 is 34.6 Å². The number of fused-ring (bicyclic) bond motifs is 2.